The van der Waals surface area contributed by atoms with Crippen LogP contribution >= 0.6 is 11.6 Å². The molecule has 0 saturated carbocycles. The Balaban J connectivity index is 1.41. The summed E-state index contributed by atoms with van der Waals surface area (Å²) in [4.78, 5) is 41.3. The largest absolute Gasteiger partial charge is 0.380 e. The standard InChI is InChI=1S/C24H27ClN4O4/c1-24(2)14-29(22(24)31)18-10-8-16(9-11-18)26-21(30)20-12-19(33-3)13-28(20)23(32)27-17-6-4-15(25)5-7-17/h4-11,19-20H,12-14H2,1-3H3,(H,26,30)(H,27,32)/t19-,20-/m1/s1. The molecule has 4 rings (SSSR count). The molecular weight excluding hydrogens is 444 g/mol. The zero-order valence-corrected chi connectivity index (χ0v) is 19.6. The fourth-order valence-corrected chi connectivity index (χ4v) is 4.26. The van der Waals surface area contributed by atoms with E-state index in [-0.39, 0.29) is 29.4 Å². The molecule has 2 aliphatic heterocycles. The molecule has 8 nitrogen and oxygen atoms in total. The van der Waals surface area contributed by atoms with Crippen molar-refractivity contribution in [2.75, 3.05) is 35.7 Å². The molecule has 2 aromatic carbocycles. The van der Waals surface area contributed by atoms with Gasteiger partial charge in [-0.1, -0.05) is 11.6 Å². The fraction of sp³-hybridized carbons (Fsp3) is 0.375. The molecule has 4 amide bonds. The van der Waals surface area contributed by atoms with Gasteiger partial charge in [-0.2, -0.15) is 0 Å². The molecule has 0 bridgehead atoms. The van der Waals surface area contributed by atoms with Crippen molar-refractivity contribution in [3.05, 3.63) is 53.6 Å². The molecule has 0 spiro atoms. The van der Waals surface area contributed by atoms with Crippen LogP contribution < -0.4 is 15.5 Å². The summed E-state index contributed by atoms with van der Waals surface area (Å²) in [5, 5.41) is 6.25. The van der Waals surface area contributed by atoms with Crippen LogP contribution in [-0.4, -0.2) is 55.1 Å². The third-order valence-corrected chi connectivity index (χ3v) is 6.33. The average Bonchev–Trinajstić information content (AvgIpc) is 3.24. The Labute approximate surface area is 197 Å². The van der Waals surface area contributed by atoms with E-state index in [0.717, 1.165) is 5.69 Å². The van der Waals surface area contributed by atoms with Crippen LogP contribution in [0, 0.1) is 5.41 Å². The normalized spacial score (nSPS) is 21.5. The number of halogens is 1. The van der Waals surface area contributed by atoms with E-state index < -0.39 is 6.04 Å². The first-order chi connectivity index (χ1) is 15.7. The summed E-state index contributed by atoms with van der Waals surface area (Å²) in [5.74, 6) is -0.215. The first-order valence-corrected chi connectivity index (χ1v) is 11.1. The molecule has 0 aliphatic carbocycles. The van der Waals surface area contributed by atoms with Crippen LogP contribution in [0.5, 0.6) is 0 Å². The number of likely N-dealkylation sites (tertiary alicyclic amines) is 1. The fourth-order valence-electron chi connectivity index (χ4n) is 4.14. The van der Waals surface area contributed by atoms with Crippen molar-refractivity contribution < 1.29 is 19.1 Å². The van der Waals surface area contributed by atoms with Gasteiger partial charge in [0.15, 0.2) is 0 Å². The molecule has 2 N–H and O–H groups in total. The van der Waals surface area contributed by atoms with Crippen LogP contribution in [0.2, 0.25) is 5.02 Å². The zero-order chi connectivity index (χ0) is 23.8. The Hall–Kier alpha value is -3.10. The zero-order valence-electron chi connectivity index (χ0n) is 18.8. The number of carbonyl (C=O) groups excluding carboxylic acids is 3. The van der Waals surface area contributed by atoms with Gasteiger partial charge in [0.1, 0.15) is 6.04 Å². The topological polar surface area (TPSA) is 91.0 Å². The van der Waals surface area contributed by atoms with Crippen LogP contribution in [0.25, 0.3) is 0 Å². The minimum absolute atomic E-state index is 0.0817. The van der Waals surface area contributed by atoms with Gasteiger partial charge in [-0.05, 0) is 62.4 Å². The molecule has 33 heavy (non-hydrogen) atoms. The number of methoxy groups -OCH3 is 1. The third-order valence-electron chi connectivity index (χ3n) is 6.08. The van der Waals surface area contributed by atoms with E-state index in [2.05, 4.69) is 10.6 Å². The van der Waals surface area contributed by atoms with E-state index in [4.69, 9.17) is 16.3 Å². The molecule has 174 valence electrons. The number of anilines is 3. The minimum Gasteiger partial charge on any atom is -0.380 e. The number of carbonyl (C=O) groups is 3. The van der Waals surface area contributed by atoms with Crippen LogP contribution in [0.15, 0.2) is 48.5 Å². The van der Waals surface area contributed by atoms with Crippen LogP contribution in [0.1, 0.15) is 20.3 Å². The van der Waals surface area contributed by atoms with Crippen LogP contribution in [0.4, 0.5) is 21.9 Å². The lowest BCUT2D eigenvalue weighted by Gasteiger charge is -2.44. The van der Waals surface area contributed by atoms with Crippen molar-refractivity contribution in [1.82, 2.24) is 4.90 Å². The first-order valence-electron chi connectivity index (χ1n) is 10.8. The predicted octanol–water partition coefficient (Wildman–Crippen LogP) is 3.97. The Bertz CT molecular complexity index is 1060. The Morgan fingerprint density at radius 1 is 1.03 bits per heavy atom. The summed E-state index contributed by atoms with van der Waals surface area (Å²) in [7, 11) is 1.57. The highest BCUT2D eigenvalue weighted by Crippen LogP contribution is 2.35. The van der Waals surface area contributed by atoms with E-state index in [1.54, 1.807) is 60.5 Å². The third kappa shape index (κ3) is 4.82. The van der Waals surface area contributed by atoms with E-state index in [0.29, 0.717) is 35.9 Å². The van der Waals surface area contributed by atoms with Gasteiger partial charge < -0.3 is 25.2 Å². The van der Waals surface area contributed by atoms with Crippen molar-refractivity contribution in [1.29, 1.82) is 0 Å². The van der Waals surface area contributed by atoms with E-state index in [1.807, 2.05) is 13.8 Å². The van der Waals surface area contributed by atoms with Crippen LogP contribution in [-0.2, 0) is 14.3 Å². The summed E-state index contributed by atoms with van der Waals surface area (Å²) in [5.41, 5.74) is 1.64. The summed E-state index contributed by atoms with van der Waals surface area (Å²) in [6.07, 6.45) is 0.158. The maximum atomic E-state index is 13.0. The lowest BCUT2D eigenvalue weighted by molar-refractivity contribution is -0.132. The molecule has 2 saturated heterocycles. The number of ether oxygens (including phenoxy) is 1. The predicted molar refractivity (Wildman–Crippen MR) is 128 cm³/mol. The number of amides is 4. The number of benzene rings is 2. The highest BCUT2D eigenvalue weighted by Gasteiger charge is 2.45. The second-order valence-electron chi connectivity index (χ2n) is 9.01. The van der Waals surface area contributed by atoms with Gasteiger partial charge in [-0.3, -0.25) is 9.59 Å². The number of nitrogens with one attached hydrogen (secondary N) is 2. The van der Waals surface area contributed by atoms with Gasteiger partial charge in [-0.15, -0.1) is 0 Å². The summed E-state index contributed by atoms with van der Waals surface area (Å²) in [6.45, 7) is 4.81. The molecule has 2 aliphatic rings. The van der Waals surface area contributed by atoms with Crippen molar-refractivity contribution in [3.8, 4) is 0 Å². The Morgan fingerprint density at radius 3 is 2.21 bits per heavy atom. The molecule has 0 aromatic heterocycles. The molecule has 2 aromatic rings. The number of rotatable bonds is 5. The van der Waals surface area contributed by atoms with Gasteiger partial charge in [0.05, 0.1) is 11.5 Å². The minimum atomic E-state index is -0.681. The average molecular weight is 471 g/mol. The van der Waals surface area contributed by atoms with Crippen molar-refractivity contribution in [3.63, 3.8) is 0 Å². The van der Waals surface area contributed by atoms with E-state index >= 15 is 0 Å². The molecule has 9 heteroatoms. The number of nitrogens with zero attached hydrogens (tertiary/aromatic N) is 2. The highest BCUT2D eigenvalue weighted by atomic mass is 35.5. The summed E-state index contributed by atoms with van der Waals surface area (Å²) >= 11 is 5.90. The number of urea groups is 1. The maximum absolute atomic E-state index is 13.0. The number of hydrogen-bond donors (Lipinski definition) is 2. The quantitative estimate of drug-likeness (QED) is 0.647. The Morgan fingerprint density at radius 2 is 1.64 bits per heavy atom. The van der Waals surface area contributed by atoms with Gasteiger partial charge >= 0.3 is 6.03 Å². The second kappa shape index (κ2) is 9.03. The number of β-lactam (4-membered cyclic amide) rings is 1. The van der Waals surface area contributed by atoms with E-state index in [9.17, 15) is 14.4 Å². The lowest BCUT2D eigenvalue weighted by atomic mass is 9.83. The van der Waals surface area contributed by atoms with Gasteiger partial charge in [-0.25, -0.2) is 4.79 Å². The molecule has 2 atom stereocenters. The van der Waals surface area contributed by atoms with Crippen molar-refractivity contribution in [2.24, 2.45) is 5.41 Å². The molecule has 2 heterocycles. The monoisotopic (exact) mass is 470 g/mol. The van der Waals surface area contributed by atoms with Crippen LogP contribution in [0.3, 0.4) is 0 Å². The molecule has 0 unspecified atom stereocenters. The second-order valence-corrected chi connectivity index (χ2v) is 9.45. The summed E-state index contributed by atoms with van der Waals surface area (Å²) < 4.78 is 5.42. The SMILES string of the molecule is CO[C@@H]1C[C@H](C(=O)Nc2ccc(N3CC(C)(C)C3=O)cc2)N(C(=O)Nc2ccc(Cl)cc2)C1. The molecule has 0 radical (unpaired) electrons. The molecular formula is C24H27ClN4O4. The summed E-state index contributed by atoms with van der Waals surface area (Å²) in [6, 6.07) is 12.8. The van der Waals surface area contributed by atoms with Gasteiger partial charge in [0.25, 0.3) is 0 Å². The highest BCUT2D eigenvalue weighted by molar-refractivity contribution is 6.30. The lowest BCUT2D eigenvalue weighted by Crippen LogP contribution is -2.58. The first kappa shape index (κ1) is 23.1. The van der Waals surface area contributed by atoms with Crippen molar-refractivity contribution >= 4 is 46.5 Å². The maximum Gasteiger partial charge on any atom is 0.322 e. The van der Waals surface area contributed by atoms with Gasteiger partial charge in [0, 0.05) is 48.7 Å². The van der Waals surface area contributed by atoms with E-state index in [1.165, 1.54) is 4.90 Å². The molecule has 2 fully saturated rings. The van der Waals surface area contributed by atoms with Gasteiger partial charge in [0.2, 0.25) is 11.8 Å². The number of hydrogen-bond acceptors (Lipinski definition) is 4. The van der Waals surface area contributed by atoms with Crippen molar-refractivity contribution in [2.45, 2.75) is 32.4 Å². The smallest absolute Gasteiger partial charge is 0.322 e. The Kier molecular flexibility index (Phi) is 6.32.